The maximum Gasteiger partial charge on any atom is 0.238 e. The first kappa shape index (κ1) is 9.58. The van der Waals surface area contributed by atoms with Crippen LogP contribution in [0.4, 0.5) is 5.69 Å². The van der Waals surface area contributed by atoms with Gasteiger partial charge in [-0.15, -0.1) is 0 Å². The van der Waals surface area contributed by atoms with Gasteiger partial charge in [-0.2, -0.15) is 0 Å². The number of para-hydroxylation sites is 1. The lowest BCUT2D eigenvalue weighted by Gasteiger charge is -2.31. The van der Waals surface area contributed by atoms with Gasteiger partial charge in [-0.05, 0) is 25.0 Å². The van der Waals surface area contributed by atoms with Gasteiger partial charge in [0.15, 0.2) is 5.78 Å². The van der Waals surface area contributed by atoms with Crippen molar-refractivity contribution in [3.8, 4) is 0 Å². The Hall–Kier alpha value is -1.64. The smallest absolute Gasteiger partial charge is 0.238 e. The van der Waals surface area contributed by atoms with Crippen LogP contribution < -0.4 is 5.32 Å². The number of amides is 1. The van der Waals surface area contributed by atoms with Gasteiger partial charge >= 0.3 is 0 Å². The number of hydrogen-bond donors (Lipinski definition) is 1. The molecule has 82 valence electrons. The summed E-state index contributed by atoms with van der Waals surface area (Å²) in [5.41, 5.74) is 0.577. The second-order valence-electron chi connectivity index (χ2n) is 4.62. The zero-order valence-electron chi connectivity index (χ0n) is 8.95. The first-order valence-electron chi connectivity index (χ1n) is 5.69. The van der Waals surface area contributed by atoms with Crippen LogP contribution >= 0.6 is 0 Å². The number of benzene rings is 1. The van der Waals surface area contributed by atoms with E-state index < -0.39 is 5.41 Å². The number of nitrogens with one attached hydrogen (secondary N) is 1. The third-order valence-corrected chi connectivity index (χ3v) is 3.75. The molecule has 1 spiro atoms. The summed E-state index contributed by atoms with van der Waals surface area (Å²) in [5, 5.41) is 2.86. The average Bonchev–Trinajstić information content (AvgIpc) is 2.77. The van der Waals surface area contributed by atoms with Crippen LogP contribution in [-0.2, 0) is 4.79 Å². The number of carbonyl (C=O) groups is 2. The van der Waals surface area contributed by atoms with Gasteiger partial charge in [-0.1, -0.05) is 25.0 Å². The van der Waals surface area contributed by atoms with E-state index in [0.717, 1.165) is 12.8 Å². The number of rotatable bonds is 0. The Labute approximate surface area is 93.8 Å². The molecule has 1 fully saturated rings. The minimum Gasteiger partial charge on any atom is -0.325 e. The number of Topliss-reactive ketones (excluding diaryl/α,β-unsaturated/α-hetero) is 1. The van der Waals surface area contributed by atoms with Crippen molar-refractivity contribution in [1.29, 1.82) is 0 Å². The minimum atomic E-state index is -0.756. The third-order valence-electron chi connectivity index (χ3n) is 3.75. The van der Waals surface area contributed by atoms with Gasteiger partial charge in [0, 0.05) is 5.56 Å². The Bertz CT molecular complexity index is 473. The Morgan fingerprint density at radius 1 is 1.06 bits per heavy atom. The minimum absolute atomic E-state index is 0.0179. The van der Waals surface area contributed by atoms with Crippen LogP contribution in [0, 0.1) is 5.41 Å². The van der Waals surface area contributed by atoms with Crippen molar-refractivity contribution < 1.29 is 9.59 Å². The predicted molar refractivity (Wildman–Crippen MR) is 60.3 cm³/mol. The van der Waals surface area contributed by atoms with Gasteiger partial charge in [-0.25, -0.2) is 0 Å². The standard InChI is InChI=1S/C13H13NO2/c15-11-9-5-1-2-6-10(9)14-12(16)13(11)7-3-4-8-13/h1-2,5-6H,3-4,7-8H2,(H,14,16). The number of anilines is 1. The monoisotopic (exact) mass is 215 g/mol. The molecule has 16 heavy (non-hydrogen) atoms. The lowest BCUT2D eigenvalue weighted by atomic mass is 9.75. The fraction of sp³-hybridized carbons (Fsp3) is 0.385. The largest absolute Gasteiger partial charge is 0.325 e. The predicted octanol–water partition coefficient (Wildman–Crippen LogP) is 2.38. The summed E-state index contributed by atoms with van der Waals surface area (Å²) in [7, 11) is 0. The van der Waals surface area contributed by atoms with Crippen molar-refractivity contribution in [2.45, 2.75) is 25.7 Å². The molecule has 0 bridgehead atoms. The molecular weight excluding hydrogens is 202 g/mol. The van der Waals surface area contributed by atoms with Crippen LogP contribution in [0.3, 0.4) is 0 Å². The molecule has 3 nitrogen and oxygen atoms in total. The van der Waals surface area contributed by atoms with Gasteiger partial charge < -0.3 is 5.32 Å². The molecule has 1 aliphatic carbocycles. The zero-order valence-corrected chi connectivity index (χ0v) is 8.95. The molecule has 1 N–H and O–H groups in total. The summed E-state index contributed by atoms with van der Waals surface area (Å²) < 4.78 is 0. The van der Waals surface area contributed by atoms with Crippen LogP contribution in [0.15, 0.2) is 24.3 Å². The van der Waals surface area contributed by atoms with E-state index in [1.54, 1.807) is 12.1 Å². The van der Waals surface area contributed by atoms with Crippen molar-refractivity contribution in [1.82, 2.24) is 0 Å². The molecule has 0 radical (unpaired) electrons. The number of fused-ring (bicyclic) bond motifs is 1. The van der Waals surface area contributed by atoms with E-state index in [-0.39, 0.29) is 11.7 Å². The molecule has 1 saturated carbocycles. The number of carbonyl (C=O) groups excluding carboxylic acids is 2. The summed E-state index contributed by atoms with van der Waals surface area (Å²) in [4.78, 5) is 24.4. The van der Waals surface area contributed by atoms with Crippen LogP contribution in [0.5, 0.6) is 0 Å². The molecule has 2 aliphatic rings. The molecule has 1 heterocycles. The molecule has 3 heteroatoms. The Morgan fingerprint density at radius 2 is 1.75 bits per heavy atom. The number of hydrogen-bond acceptors (Lipinski definition) is 2. The topological polar surface area (TPSA) is 46.2 Å². The molecule has 1 amide bonds. The molecule has 0 aromatic heterocycles. The van der Waals surface area contributed by atoms with Gasteiger partial charge in [0.2, 0.25) is 5.91 Å². The van der Waals surface area contributed by atoms with Crippen molar-refractivity contribution in [2.75, 3.05) is 5.32 Å². The van der Waals surface area contributed by atoms with E-state index in [1.165, 1.54) is 0 Å². The number of ketones is 1. The summed E-state index contributed by atoms with van der Waals surface area (Å²) in [6.07, 6.45) is 3.35. The van der Waals surface area contributed by atoms with Crippen LogP contribution in [0.1, 0.15) is 36.0 Å². The summed E-state index contributed by atoms with van der Waals surface area (Å²) >= 11 is 0. The molecule has 3 rings (SSSR count). The summed E-state index contributed by atoms with van der Waals surface area (Å²) in [5.74, 6) is -0.0851. The summed E-state index contributed by atoms with van der Waals surface area (Å²) in [6.45, 7) is 0. The highest BCUT2D eigenvalue weighted by atomic mass is 16.2. The molecule has 0 unspecified atom stereocenters. The molecule has 0 atom stereocenters. The summed E-state index contributed by atoms with van der Waals surface area (Å²) in [6, 6.07) is 7.26. The highest BCUT2D eigenvalue weighted by Crippen LogP contribution is 2.45. The SMILES string of the molecule is O=C1Nc2ccccc2C(=O)C12CCCC2. The van der Waals surface area contributed by atoms with Gasteiger partial charge in [0.25, 0.3) is 0 Å². The van der Waals surface area contributed by atoms with Crippen molar-refractivity contribution >= 4 is 17.4 Å². The quantitative estimate of drug-likeness (QED) is 0.675. The maximum atomic E-state index is 12.4. The van der Waals surface area contributed by atoms with Gasteiger partial charge in [0.1, 0.15) is 5.41 Å². The highest BCUT2D eigenvalue weighted by molar-refractivity contribution is 6.24. The fourth-order valence-corrected chi connectivity index (χ4v) is 2.83. The van der Waals surface area contributed by atoms with Crippen molar-refractivity contribution in [3.63, 3.8) is 0 Å². The maximum absolute atomic E-state index is 12.4. The van der Waals surface area contributed by atoms with Gasteiger partial charge in [0.05, 0.1) is 5.69 Å². The van der Waals surface area contributed by atoms with E-state index in [9.17, 15) is 9.59 Å². The molecular formula is C13H13NO2. The van der Waals surface area contributed by atoms with Crippen molar-refractivity contribution in [2.24, 2.45) is 5.41 Å². The van der Waals surface area contributed by atoms with E-state index >= 15 is 0 Å². The molecule has 1 aliphatic heterocycles. The lowest BCUT2D eigenvalue weighted by molar-refractivity contribution is -0.123. The van der Waals surface area contributed by atoms with Crippen LogP contribution in [0.2, 0.25) is 0 Å². The first-order chi connectivity index (χ1) is 7.74. The first-order valence-corrected chi connectivity index (χ1v) is 5.69. The normalized spacial score (nSPS) is 22.0. The third kappa shape index (κ3) is 1.08. The molecule has 1 aromatic carbocycles. The fourth-order valence-electron chi connectivity index (χ4n) is 2.83. The van der Waals surface area contributed by atoms with Gasteiger partial charge in [-0.3, -0.25) is 9.59 Å². The second-order valence-corrected chi connectivity index (χ2v) is 4.62. The Balaban J connectivity index is 2.14. The van der Waals surface area contributed by atoms with E-state index in [2.05, 4.69) is 5.32 Å². The molecule has 0 saturated heterocycles. The zero-order chi connectivity index (χ0) is 11.2. The van der Waals surface area contributed by atoms with E-state index in [1.807, 2.05) is 12.1 Å². The van der Waals surface area contributed by atoms with Crippen LogP contribution in [0.25, 0.3) is 0 Å². The van der Waals surface area contributed by atoms with E-state index in [4.69, 9.17) is 0 Å². The molecule has 1 aromatic rings. The second kappa shape index (κ2) is 3.17. The van der Waals surface area contributed by atoms with E-state index in [0.29, 0.717) is 24.1 Å². The average molecular weight is 215 g/mol. The van der Waals surface area contributed by atoms with Crippen LogP contribution in [-0.4, -0.2) is 11.7 Å². The van der Waals surface area contributed by atoms with Crippen molar-refractivity contribution in [3.05, 3.63) is 29.8 Å². The lowest BCUT2D eigenvalue weighted by Crippen LogP contribution is -2.45. The Morgan fingerprint density at radius 3 is 2.50 bits per heavy atom. The Kier molecular flexibility index (Phi) is 1.90. The highest BCUT2D eigenvalue weighted by Gasteiger charge is 2.50.